The van der Waals surface area contributed by atoms with E-state index in [0.29, 0.717) is 5.69 Å². The summed E-state index contributed by atoms with van der Waals surface area (Å²) in [7, 11) is 0. The standard InChI is InChI=1S/C38H25FN4/c39-32-13-7-8-14-35(32)42(28-9-3-1-4-10-28)33-21-17-26-16-20-31-34(22-18-27-15-19-30(33)37(26)38(27)31)43(29-11-5-2-6-12-29)36-25-40-23-24-41-36/h1-25H. The van der Waals surface area contributed by atoms with E-state index >= 15 is 4.39 Å². The molecule has 1 aromatic heterocycles. The van der Waals surface area contributed by atoms with Crippen molar-refractivity contribution in [2.45, 2.75) is 0 Å². The fourth-order valence-electron chi connectivity index (χ4n) is 6.16. The van der Waals surface area contributed by atoms with Gasteiger partial charge >= 0.3 is 0 Å². The van der Waals surface area contributed by atoms with Gasteiger partial charge in [-0.25, -0.2) is 9.37 Å². The highest BCUT2D eigenvalue weighted by atomic mass is 19.1. The lowest BCUT2D eigenvalue weighted by molar-refractivity contribution is 0.629. The summed E-state index contributed by atoms with van der Waals surface area (Å²) < 4.78 is 15.4. The summed E-state index contributed by atoms with van der Waals surface area (Å²) >= 11 is 0. The van der Waals surface area contributed by atoms with Crippen LogP contribution >= 0.6 is 0 Å². The van der Waals surface area contributed by atoms with Gasteiger partial charge in [0, 0.05) is 34.5 Å². The van der Waals surface area contributed by atoms with Gasteiger partial charge < -0.3 is 4.90 Å². The van der Waals surface area contributed by atoms with Crippen molar-refractivity contribution < 1.29 is 4.39 Å². The van der Waals surface area contributed by atoms with Gasteiger partial charge in [-0.1, -0.05) is 84.9 Å². The van der Waals surface area contributed by atoms with E-state index in [1.165, 1.54) is 6.07 Å². The molecule has 43 heavy (non-hydrogen) atoms. The van der Waals surface area contributed by atoms with Gasteiger partial charge in [-0.15, -0.1) is 0 Å². The van der Waals surface area contributed by atoms with Crippen LogP contribution in [0.25, 0.3) is 32.3 Å². The molecular weight excluding hydrogens is 531 g/mol. The van der Waals surface area contributed by atoms with Crippen LogP contribution in [-0.4, -0.2) is 9.97 Å². The van der Waals surface area contributed by atoms with Crippen LogP contribution in [0.15, 0.2) is 152 Å². The van der Waals surface area contributed by atoms with Crippen molar-refractivity contribution in [2.75, 3.05) is 9.80 Å². The summed E-state index contributed by atoms with van der Waals surface area (Å²) in [4.78, 5) is 13.2. The van der Waals surface area contributed by atoms with Crippen LogP contribution in [0.5, 0.6) is 0 Å². The summed E-state index contributed by atoms with van der Waals surface area (Å²) in [5.41, 5.74) is 4.31. The lowest BCUT2D eigenvalue weighted by Gasteiger charge is -2.29. The number of anilines is 6. The second-order valence-corrected chi connectivity index (χ2v) is 10.4. The number of halogens is 1. The Morgan fingerprint density at radius 2 is 1.00 bits per heavy atom. The summed E-state index contributed by atoms with van der Waals surface area (Å²) in [5, 5.41) is 6.70. The number of hydrogen-bond donors (Lipinski definition) is 0. The maximum atomic E-state index is 15.4. The van der Waals surface area contributed by atoms with E-state index in [9.17, 15) is 0 Å². The average Bonchev–Trinajstić information content (AvgIpc) is 3.07. The van der Waals surface area contributed by atoms with E-state index in [1.54, 1.807) is 24.7 Å². The molecule has 0 N–H and O–H groups in total. The van der Waals surface area contributed by atoms with Crippen LogP contribution in [0.2, 0.25) is 0 Å². The van der Waals surface area contributed by atoms with Crippen molar-refractivity contribution in [2.24, 2.45) is 0 Å². The molecule has 4 nitrogen and oxygen atoms in total. The quantitative estimate of drug-likeness (QED) is 0.191. The third kappa shape index (κ3) is 4.13. The highest BCUT2D eigenvalue weighted by Crippen LogP contribution is 2.47. The molecular formula is C38H25FN4. The number of rotatable bonds is 6. The first-order chi connectivity index (χ1) is 21.3. The molecule has 0 aliphatic carbocycles. The Bertz CT molecular complexity index is 2160. The van der Waals surface area contributed by atoms with Gasteiger partial charge in [-0.2, -0.15) is 0 Å². The molecule has 8 rings (SSSR count). The highest BCUT2D eigenvalue weighted by Gasteiger charge is 2.22. The van der Waals surface area contributed by atoms with Crippen LogP contribution in [0.3, 0.4) is 0 Å². The van der Waals surface area contributed by atoms with Crippen molar-refractivity contribution in [3.05, 3.63) is 158 Å². The minimum Gasteiger partial charge on any atom is -0.307 e. The smallest absolute Gasteiger partial charge is 0.156 e. The van der Waals surface area contributed by atoms with Crippen molar-refractivity contribution in [1.82, 2.24) is 9.97 Å². The highest BCUT2D eigenvalue weighted by molar-refractivity contribution is 6.28. The first-order valence-corrected chi connectivity index (χ1v) is 14.2. The molecule has 5 heteroatoms. The van der Waals surface area contributed by atoms with Crippen molar-refractivity contribution in [1.29, 1.82) is 0 Å². The molecule has 7 aromatic carbocycles. The van der Waals surface area contributed by atoms with E-state index in [0.717, 1.165) is 60.9 Å². The first kappa shape index (κ1) is 24.9. The van der Waals surface area contributed by atoms with Gasteiger partial charge in [0.2, 0.25) is 0 Å². The van der Waals surface area contributed by atoms with Crippen LogP contribution in [0.1, 0.15) is 0 Å². The molecule has 0 aliphatic rings. The lowest BCUT2D eigenvalue weighted by atomic mass is 9.92. The molecule has 0 saturated heterocycles. The van der Waals surface area contributed by atoms with Crippen LogP contribution in [0, 0.1) is 5.82 Å². The summed E-state index contributed by atoms with van der Waals surface area (Å²) in [6.45, 7) is 0. The first-order valence-electron chi connectivity index (χ1n) is 14.2. The van der Waals surface area contributed by atoms with Gasteiger partial charge in [0.1, 0.15) is 5.82 Å². The van der Waals surface area contributed by atoms with Gasteiger partial charge in [0.25, 0.3) is 0 Å². The van der Waals surface area contributed by atoms with Crippen LogP contribution < -0.4 is 9.80 Å². The van der Waals surface area contributed by atoms with E-state index in [-0.39, 0.29) is 5.82 Å². The molecule has 1 heterocycles. The van der Waals surface area contributed by atoms with Crippen molar-refractivity contribution >= 4 is 66.6 Å². The normalized spacial score (nSPS) is 11.4. The van der Waals surface area contributed by atoms with Gasteiger partial charge in [-0.05, 0) is 70.1 Å². The number of para-hydroxylation sites is 3. The molecule has 0 saturated carbocycles. The van der Waals surface area contributed by atoms with E-state index < -0.39 is 0 Å². The fraction of sp³-hybridized carbons (Fsp3) is 0. The molecule has 0 spiro atoms. The number of aromatic nitrogens is 2. The van der Waals surface area contributed by atoms with Crippen LogP contribution in [0.4, 0.5) is 38.6 Å². The molecule has 0 unspecified atom stereocenters. The summed E-state index contributed by atoms with van der Waals surface area (Å²) in [5.74, 6) is 0.459. The average molecular weight is 557 g/mol. The molecule has 0 radical (unpaired) electrons. The van der Waals surface area contributed by atoms with E-state index in [2.05, 4.69) is 75.5 Å². The number of benzene rings is 7. The zero-order chi connectivity index (χ0) is 28.8. The largest absolute Gasteiger partial charge is 0.307 e. The zero-order valence-electron chi connectivity index (χ0n) is 23.1. The maximum absolute atomic E-state index is 15.4. The Hall–Kier alpha value is -5.81. The lowest BCUT2D eigenvalue weighted by Crippen LogP contribution is -2.13. The maximum Gasteiger partial charge on any atom is 0.156 e. The Labute approximate surface area is 248 Å². The molecule has 0 atom stereocenters. The van der Waals surface area contributed by atoms with Gasteiger partial charge in [0.05, 0.1) is 23.3 Å². The summed E-state index contributed by atoms with van der Waals surface area (Å²) in [6, 6.07) is 44.4. The third-order valence-electron chi connectivity index (χ3n) is 8.00. The molecule has 0 aliphatic heterocycles. The monoisotopic (exact) mass is 556 g/mol. The predicted octanol–water partition coefficient (Wildman–Crippen LogP) is 10.5. The van der Waals surface area contributed by atoms with E-state index in [4.69, 9.17) is 0 Å². The third-order valence-corrected chi connectivity index (χ3v) is 8.00. The molecule has 204 valence electrons. The fourth-order valence-corrected chi connectivity index (χ4v) is 6.16. The summed E-state index contributed by atoms with van der Waals surface area (Å²) in [6.07, 6.45) is 5.19. The molecule has 0 amide bonds. The minimum absolute atomic E-state index is 0.276. The zero-order valence-corrected chi connectivity index (χ0v) is 23.1. The minimum atomic E-state index is -0.276. The second-order valence-electron chi connectivity index (χ2n) is 10.4. The molecule has 0 fully saturated rings. The Kier molecular flexibility index (Phi) is 5.93. The van der Waals surface area contributed by atoms with Crippen LogP contribution in [-0.2, 0) is 0 Å². The number of nitrogens with zero attached hydrogens (tertiary/aromatic N) is 4. The molecule has 0 bridgehead atoms. The van der Waals surface area contributed by atoms with Crippen molar-refractivity contribution in [3.63, 3.8) is 0 Å². The van der Waals surface area contributed by atoms with Gasteiger partial charge in [-0.3, -0.25) is 9.88 Å². The topological polar surface area (TPSA) is 32.3 Å². The molecule has 8 aromatic rings. The Balaban J connectivity index is 1.42. The van der Waals surface area contributed by atoms with Gasteiger partial charge in [0.15, 0.2) is 5.82 Å². The second kappa shape index (κ2) is 10.2. The SMILES string of the molecule is Fc1ccccc1N(c1ccccc1)c1ccc2ccc3c(N(c4ccccc4)c4cnccn4)ccc4ccc1c2c43. The predicted molar refractivity (Wildman–Crippen MR) is 175 cm³/mol. The van der Waals surface area contributed by atoms with Crippen molar-refractivity contribution in [3.8, 4) is 0 Å². The Morgan fingerprint density at radius 3 is 1.58 bits per heavy atom. The van der Waals surface area contributed by atoms with E-state index in [1.807, 2.05) is 65.6 Å². The number of hydrogen-bond acceptors (Lipinski definition) is 4. The Morgan fingerprint density at radius 1 is 0.465 bits per heavy atom.